The first-order valence-electron chi connectivity index (χ1n) is 6.18. The van der Waals surface area contributed by atoms with Crippen LogP contribution >= 0.6 is 0 Å². The van der Waals surface area contributed by atoms with Crippen molar-refractivity contribution in [3.8, 4) is 0 Å². The molecule has 0 atom stereocenters. The van der Waals surface area contributed by atoms with Crippen molar-refractivity contribution in [1.29, 1.82) is 0 Å². The zero-order valence-electron chi connectivity index (χ0n) is 10.7. The van der Waals surface area contributed by atoms with Gasteiger partial charge in [-0.25, -0.2) is 9.78 Å². The topological polar surface area (TPSA) is 71.5 Å². The Morgan fingerprint density at radius 2 is 2.37 bits per heavy atom. The molecule has 2 aromatic heterocycles. The lowest BCUT2D eigenvalue weighted by Gasteiger charge is -2.26. The maximum atomic E-state index is 11.0. The van der Waals surface area contributed by atoms with E-state index in [-0.39, 0.29) is 5.56 Å². The van der Waals surface area contributed by atoms with Gasteiger partial charge in [0.2, 0.25) is 0 Å². The molecule has 1 aliphatic heterocycles. The van der Waals surface area contributed by atoms with Crippen LogP contribution in [0.4, 0.5) is 0 Å². The van der Waals surface area contributed by atoms with E-state index in [1.165, 1.54) is 0 Å². The van der Waals surface area contributed by atoms with E-state index in [9.17, 15) is 4.79 Å². The minimum atomic E-state index is -0.943. The lowest BCUT2D eigenvalue weighted by Crippen LogP contribution is -2.33. The van der Waals surface area contributed by atoms with Gasteiger partial charge >= 0.3 is 5.97 Å². The van der Waals surface area contributed by atoms with E-state index >= 15 is 0 Å². The average molecular weight is 261 g/mol. The molecule has 1 N–H and O–H groups in total. The first-order valence-corrected chi connectivity index (χ1v) is 6.18. The van der Waals surface area contributed by atoms with Gasteiger partial charge in [-0.2, -0.15) is 0 Å². The quantitative estimate of drug-likeness (QED) is 0.906. The lowest BCUT2D eigenvalue weighted by atomic mass is 10.2. The van der Waals surface area contributed by atoms with E-state index in [0.29, 0.717) is 18.1 Å². The molecule has 3 rings (SSSR count). The highest BCUT2D eigenvalue weighted by Crippen LogP contribution is 2.19. The third-order valence-corrected chi connectivity index (χ3v) is 3.40. The van der Waals surface area contributed by atoms with E-state index < -0.39 is 5.97 Å². The summed E-state index contributed by atoms with van der Waals surface area (Å²) in [5.74, 6) is 1.24. The van der Waals surface area contributed by atoms with Crippen molar-refractivity contribution < 1.29 is 14.3 Å². The first-order chi connectivity index (χ1) is 9.13. The summed E-state index contributed by atoms with van der Waals surface area (Å²) in [6.45, 7) is 4.86. The number of hydrogen-bond acceptors (Lipinski definition) is 4. The Bertz CT molecular complexity index is 614. The molecule has 3 heterocycles. The van der Waals surface area contributed by atoms with Crippen LogP contribution in [0, 0.1) is 6.92 Å². The SMILES string of the molecule is Cc1oc(CN2CCn3ccnc3C2)cc1C(=O)O. The summed E-state index contributed by atoms with van der Waals surface area (Å²) in [6.07, 6.45) is 3.78. The van der Waals surface area contributed by atoms with Crippen molar-refractivity contribution in [1.82, 2.24) is 14.5 Å². The molecule has 0 spiro atoms. The molecule has 0 amide bonds. The van der Waals surface area contributed by atoms with Crippen LogP contribution in [0.15, 0.2) is 22.9 Å². The van der Waals surface area contributed by atoms with E-state index in [1.54, 1.807) is 19.2 Å². The van der Waals surface area contributed by atoms with Gasteiger partial charge in [-0.15, -0.1) is 0 Å². The molecule has 0 aromatic carbocycles. The fourth-order valence-electron chi connectivity index (χ4n) is 2.41. The van der Waals surface area contributed by atoms with Crippen molar-refractivity contribution in [3.63, 3.8) is 0 Å². The fourth-order valence-corrected chi connectivity index (χ4v) is 2.41. The maximum absolute atomic E-state index is 11.0. The molecule has 6 heteroatoms. The monoisotopic (exact) mass is 261 g/mol. The second kappa shape index (κ2) is 4.55. The van der Waals surface area contributed by atoms with E-state index in [0.717, 1.165) is 25.5 Å². The Labute approximate surface area is 110 Å². The molecule has 1 aliphatic rings. The zero-order valence-corrected chi connectivity index (χ0v) is 10.7. The molecule has 6 nitrogen and oxygen atoms in total. The van der Waals surface area contributed by atoms with Crippen LogP contribution in [0.5, 0.6) is 0 Å². The highest BCUT2D eigenvalue weighted by molar-refractivity contribution is 5.88. The van der Waals surface area contributed by atoms with E-state index in [4.69, 9.17) is 9.52 Å². The summed E-state index contributed by atoms with van der Waals surface area (Å²) in [4.78, 5) is 17.5. The summed E-state index contributed by atoms with van der Waals surface area (Å²) in [5.41, 5.74) is 0.244. The van der Waals surface area contributed by atoms with Crippen LogP contribution in [0.25, 0.3) is 0 Å². The van der Waals surface area contributed by atoms with Crippen molar-refractivity contribution >= 4 is 5.97 Å². The summed E-state index contributed by atoms with van der Waals surface area (Å²) in [5, 5.41) is 9.00. The third-order valence-electron chi connectivity index (χ3n) is 3.40. The van der Waals surface area contributed by atoms with Gasteiger partial charge in [-0.05, 0) is 13.0 Å². The zero-order chi connectivity index (χ0) is 13.4. The molecular weight excluding hydrogens is 246 g/mol. The fraction of sp³-hybridized carbons (Fsp3) is 0.385. The van der Waals surface area contributed by atoms with Gasteiger partial charge in [0.05, 0.1) is 13.1 Å². The maximum Gasteiger partial charge on any atom is 0.339 e. The minimum absolute atomic E-state index is 0.244. The Morgan fingerprint density at radius 3 is 3.11 bits per heavy atom. The van der Waals surface area contributed by atoms with Gasteiger partial charge in [-0.3, -0.25) is 4.90 Å². The van der Waals surface area contributed by atoms with Gasteiger partial charge in [0.15, 0.2) is 0 Å². The standard InChI is InChI=1S/C13H15N3O3/c1-9-11(13(17)18)6-10(19-9)7-15-4-5-16-3-2-14-12(16)8-15/h2-3,6H,4-5,7-8H2,1H3,(H,17,18). The first kappa shape index (κ1) is 12.0. The summed E-state index contributed by atoms with van der Waals surface area (Å²) in [6, 6.07) is 1.61. The number of nitrogens with zero attached hydrogens (tertiary/aromatic N) is 3. The smallest absolute Gasteiger partial charge is 0.339 e. The summed E-state index contributed by atoms with van der Waals surface area (Å²) >= 11 is 0. The molecular formula is C13H15N3O3. The Balaban J connectivity index is 1.73. The van der Waals surface area contributed by atoms with Crippen LogP contribution in [0.1, 0.15) is 27.7 Å². The summed E-state index contributed by atoms with van der Waals surface area (Å²) in [7, 11) is 0. The Morgan fingerprint density at radius 1 is 1.53 bits per heavy atom. The van der Waals surface area contributed by atoms with Crippen LogP contribution in [0.2, 0.25) is 0 Å². The molecule has 0 radical (unpaired) electrons. The normalized spacial score (nSPS) is 15.4. The van der Waals surface area contributed by atoms with Gasteiger partial charge < -0.3 is 14.1 Å². The number of aryl methyl sites for hydroxylation is 1. The van der Waals surface area contributed by atoms with Gasteiger partial charge in [0.1, 0.15) is 22.9 Å². The van der Waals surface area contributed by atoms with Crippen molar-refractivity contribution in [2.75, 3.05) is 6.54 Å². The number of hydrogen-bond donors (Lipinski definition) is 1. The molecule has 2 aromatic rings. The highest BCUT2D eigenvalue weighted by Gasteiger charge is 2.20. The van der Waals surface area contributed by atoms with Gasteiger partial charge in [0, 0.05) is 25.5 Å². The number of carbonyl (C=O) groups is 1. The Kier molecular flexibility index (Phi) is 2.87. The van der Waals surface area contributed by atoms with Gasteiger partial charge in [-0.1, -0.05) is 0 Å². The molecule has 19 heavy (non-hydrogen) atoms. The number of rotatable bonds is 3. The van der Waals surface area contributed by atoms with Crippen LogP contribution < -0.4 is 0 Å². The van der Waals surface area contributed by atoms with Gasteiger partial charge in [0.25, 0.3) is 0 Å². The second-order valence-electron chi connectivity index (χ2n) is 4.74. The van der Waals surface area contributed by atoms with Crippen molar-refractivity contribution in [3.05, 3.63) is 41.4 Å². The number of aromatic carboxylic acids is 1. The van der Waals surface area contributed by atoms with Crippen LogP contribution in [-0.4, -0.2) is 32.1 Å². The molecule has 100 valence electrons. The van der Waals surface area contributed by atoms with Crippen molar-refractivity contribution in [2.24, 2.45) is 0 Å². The number of carboxylic acids is 1. The molecule has 0 saturated carbocycles. The second-order valence-corrected chi connectivity index (χ2v) is 4.74. The average Bonchev–Trinajstić information content (AvgIpc) is 2.95. The molecule has 0 fully saturated rings. The lowest BCUT2D eigenvalue weighted by molar-refractivity contribution is 0.0695. The number of fused-ring (bicyclic) bond motifs is 1. The number of aromatic nitrogens is 2. The number of imidazole rings is 1. The number of carboxylic acid groups (broad SMARTS) is 1. The number of furan rings is 1. The Hall–Kier alpha value is -2.08. The predicted molar refractivity (Wildman–Crippen MR) is 66.7 cm³/mol. The minimum Gasteiger partial charge on any atom is -0.478 e. The van der Waals surface area contributed by atoms with E-state index in [2.05, 4.69) is 14.5 Å². The molecule has 0 unspecified atom stereocenters. The highest BCUT2D eigenvalue weighted by atomic mass is 16.4. The molecule has 0 saturated heterocycles. The van der Waals surface area contributed by atoms with E-state index in [1.807, 2.05) is 6.20 Å². The molecule has 0 aliphatic carbocycles. The predicted octanol–water partition coefficient (Wildman–Crippen LogP) is 1.50. The molecule has 0 bridgehead atoms. The summed E-state index contributed by atoms with van der Waals surface area (Å²) < 4.78 is 7.63. The van der Waals surface area contributed by atoms with Crippen LogP contribution in [0.3, 0.4) is 0 Å². The largest absolute Gasteiger partial charge is 0.478 e. The van der Waals surface area contributed by atoms with Crippen molar-refractivity contribution in [2.45, 2.75) is 26.6 Å². The third kappa shape index (κ3) is 2.26. The van der Waals surface area contributed by atoms with Crippen LogP contribution in [-0.2, 0) is 19.6 Å².